The summed E-state index contributed by atoms with van der Waals surface area (Å²) in [4.78, 5) is 11.0. The maximum absolute atomic E-state index is 11.9. The highest BCUT2D eigenvalue weighted by molar-refractivity contribution is 7.92. The number of aromatic nitrogens is 3. The van der Waals surface area contributed by atoms with E-state index in [0.717, 1.165) is 0 Å². The van der Waals surface area contributed by atoms with Crippen LogP contribution in [0.5, 0.6) is 0 Å². The fraction of sp³-hybridized carbons (Fsp3) is 0. The van der Waals surface area contributed by atoms with E-state index in [1.807, 2.05) is 0 Å². The van der Waals surface area contributed by atoms with Crippen LogP contribution in [-0.4, -0.2) is 23.4 Å². The molecule has 0 fully saturated rings. The van der Waals surface area contributed by atoms with Crippen molar-refractivity contribution >= 4 is 39.0 Å². The van der Waals surface area contributed by atoms with Crippen LogP contribution < -0.4 is 4.72 Å². The van der Waals surface area contributed by atoms with Crippen molar-refractivity contribution in [2.45, 2.75) is 4.90 Å². The van der Waals surface area contributed by atoms with Gasteiger partial charge in [0.15, 0.2) is 0 Å². The van der Waals surface area contributed by atoms with Gasteiger partial charge in [-0.05, 0) is 23.7 Å². The molecule has 1 N–H and O–H groups in total. The molecule has 0 aliphatic heterocycles. The van der Waals surface area contributed by atoms with Crippen LogP contribution in [0.2, 0.25) is 10.4 Å². The summed E-state index contributed by atoms with van der Waals surface area (Å²) in [5.74, 6) is -0.0103. The van der Waals surface area contributed by atoms with Crippen molar-refractivity contribution < 1.29 is 8.42 Å². The number of hydrogen-bond acceptors (Lipinski definition) is 5. The zero-order valence-corrected chi connectivity index (χ0v) is 11.0. The van der Waals surface area contributed by atoms with Gasteiger partial charge >= 0.3 is 0 Å². The van der Waals surface area contributed by atoms with Gasteiger partial charge in [0, 0.05) is 18.5 Å². The smallest absolute Gasteiger partial charge is 0.263 e. The Balaban J connectivity index is 2.34. The number of nitrogens with zero attached hydrogens (tertiary/aromatic N) is 3. The van der Waals surface area contributed by atoms with Crippen LogP contribution in [-0.2, 0) is 10.0 Å². The number of rotatable bonds is 3. The second-order valence-corrected chi connectivity index (χ2v) is 5.55. The van der Waals surface area contributed by atoms with Crippen LogP contribution in [0.25, 0.3) is 0 Å². The van der Waals surface area contributed by atoms with Gasteiger partial charge in [-0.15, -0.1) is 0 Å². The first-order valence-electron chi connectivity index (χ1n) is 4.60. The van der Waals surface area contributed by atoms with Gasteiger partial charge in [-0.25, -0.2) is 13.4 Å². The molecule has 6 nitrogen and oxygen atoms in total. The Morgan fingerprint density at radius 3 is 2.61 bits per heavy atom. The average Bonchev–Trinajstić information content (AvgIpc) is 2.28. The molecule has 0 aliphatic rings. The summed E-state index contributed by atoms with van der Waals surface area (Å²) in [6, 6.07) is 4.16. The molecular formula is C9H6Cl2N4O2S. The first-order valence-corrected chi connectivity index (χ1v) is 6.84. The lowest BCUT2D eigenvalue weighted by molar-refractivity contribution is 0.600. The number of hydrogen-bond donors (Lipinski definition) is 1. The third-order valence-electron chi connectivity index (χ3n) is 1.85. The molecule has 0 aromatic carbocycles. The molecule has 0 radical (unpaired) electrons. The van der Waals surface area contributed by atoms with Gasteiger partial charge in [-0.2, -0.15) is 4.98 Å². The van der Waals surface area contributed by atoms with Crippen molar-refractivity contribution in [1.29, 1.82) is 0 Å². The van der Waals surface area contributed by atoms with Gasteiger partial charge in [-0.3, -0.25) is 9.71 Å². The Labute approximate surface area is 113 Å². The van der Waals surface area contributed by atoms with E-state index in [-0.39, 0.29) is 21.2 Å². The third-order valence-corrected chi connectivity index (χ3v) is 3.55. The van der Waals surface area contributed by atoms with Crippen molar-refractivity contribution in [2.75, 3.05) is 4.72 Å². The van der Waals surface area contributed by atoms with E-state index in [2.05, 4.69) is 19.7 Å². The molecule has 0 spiro atoms. The minimum Gasteiger partial charge on any atom is -0.263 e. The van der Waals surface area contributed by atoms with Crippen LogP contribution in [0.15, 0.2) is 35.5 Å². The van der Waals surface area contributed by atoms with Crippen LogP contribution in [0.1, 0.15) is 0 Å². The van der Waals surface area contributed by atoms with Gasteiger partial charge in [0.2, 0.25) is 5.28 Å². The number of anilines is 1. The van der Waals surface area contributed by atoms with E-state index in [1.54, 1.807) is 0 Å². The highest BCUT2D eigenvalue weighted by Crippen LogP contribution is 2.17. The molecule has 0 amide bonds. The molecule has 9 heteroatoms. The zero-order chi connectivity index (χ0) is 13.2. The van der Waals surface area contributed by atoms with Gasteiger partial charge in [0.05, 0.1) is 0 Å². The Morgan fingerprint density at radius 1 is 1.22 bits per heavy atom. The Kier molecular flexibility index (Phi) is 3.65. The summed E-state index contributed by atoms with van der Waals surface area (Å²) < 4.78 is 26.1. The molecule has 0 saturated carbocycles. The topological polar surface area (TPSA) is 84.8 Å². The van der Waals surface area contributed by atoms with E-state index in [1.165, 1.54) is 30.6 Å². The standard InChI is InChI=1S/C9H6Cl2N4O2S/c10-7-4-8(14-9(11)13-7)15-18(16,17)6-2-1-3-12-5-6/h1-5H,(H,13,14,15). The van der Waals surface area contributed by atoms with E-state index in [0.29, 0.717) is 0 Å². The van der Waals surface area contributed by atoms with Crippen molar-refractivity contribution in [1.82, 2.24) is 15.0 Å². The van der Waals surface area contributed by atoms with Crippen molar-refractivity contribution in [3.8, 4) is 0 Å². The summed E-state index contributed by atoms with van der Waals surface area (Å²) >= 11 is 11.2. The van der Waals surface area contributed by atoms with Crippen molar-refractivity contribution in [3.05, 3.63) is 41.0 Å². The molecular weight excluding hydrogens is 299 g/mol. The molecule has 0 unspecified atom stereocenters. The molecule has 2 heterocycles. The average molecular weight is 305 g/mol. The normalized spacial score (nSPS) is 11.2. The van der Waals surface area contributed by atoms with Gasteiger partial charge in [-0.1, -0.05) is 11.6 Å². The van der Waals surface area contributed by atoms with Gasteiger partial charge in [0.1, 0.15) is 15.9 Å². The molecule has 2 aromatic rings. The molecule has 0 atom stereocenters. The van der Waals surface area contributed by atoms with E-state index >= 15 is 0 Å². The highest BCUT2D eigenvalue weighted by Gasteiger charge is 2.15. The summed E-state index contributed by atoms with van der Waals surface area (Å²) in [7, 11) is -3.77. The SMILES string of the molecule is O=S(=O)(Nc1cc(Cl)nc(Cl)n1)c1cccnc1. The van der Waals surface area contributed by atoms with Crippen LogP contribution in [0.4, 0.5) is 5.82 Å². The molecule has 0 saturated heterocycles. The Hall–Kier alpha value is -1.44. The number of nitrogens with one attached hydrogen (secondary N) is 1. The van der Waals surface area contributed by atoms with Crippen LogP contribution >= 0.6 is 23.2 Å². The first kappa shape index (κ1) is 13.0. The van der Waals surface area contributed by atoms with Gasteiger partial charge < -0.3 is 0 Å². The molecule has 94 valence electrons. The highest BCUT2D eigenvalue weighted by atomic mass is 35.5. The predicted molar refractivity (Wildman–Crippen MR) is 67.1 cm³/mol. The Bertz CT molecular complexity index is 643. The molecule has 2 rings (SSSR count). The van der Waals surface area contributed by atoms with E-state index in [9.17, 15) is 8.42 Å². The minimum absolute atomic E-state index is 0.0101. The van der Waals surface area contributed by atoms with E-state index < -0.39 is 10.0 Å². The second kappa shape index (κ2) is 5.05. The Morgan fingerprint density at radius 2 is 2.00 bits per heavy atom. The molecule has 18 heavy (non-hydrogen) atoms. The van der Waals surface area contributed by atoms with E-state index in [4.69, 9.17) is 23.2 Å². The lowest BCUT2D eigenvalue weighted by Crippen LogP contribution is -2.14. The van der Waals surface area contributed by atoms with Crippen molar-refractivity contribution in [2.24, 2.45) is 0 Å². The maximum Gasteiger partial charge on any atom is 0.264 e. The molecule has 0 aliphatic carbocycles. The monoisotopic (exact) mass is 304 g/mol. The lowest BCUT2D eigenvalue weighted by atomic mass is 10.5. The second-order valence-electron chi connectivity index (χ2n) is 3.14. The molecule has 2 aromatic heterocycles. The maximum atomic E-state index is 11.9. The quantitative estimate of drug-likeness (QED) is 0.692. The summed E-state index contributed by atoms with van der Waals surface area (Å²) in [6.45, 7) is 0. The van der Waals surface area contributed by atoms with Crippen molar-refractivity contribution in [3.63, 3.8) is 0 Å². The predicted octanol–water partition coefficient (Wildman–Crippen LogP) is 1.98. The number of pyridine rings is 1. The summed E-state index contributed by atoms with van der Waals surface area (Å²) in [5.41, 5.74) is 0. The fourth-order valence-electron chi connectivity index (χ4n) is 1.14. The minimum atomic E-state index is -3.77. The summed E-state index contributed by atoms with van der Waals surface area (Å²) in [6.07, 6.45) is 2.68. The number of halogens is 2. The zero-order valence-electron chi connectivity index (χ0n) is 8.71. The fourth-order valence-corrected chi connectivity index (χ4v) is 2.51. The van der Waals surface area contributed by atoms with Gasteiger partial charge in [0.25, 0.3) is 10.0 Å². The third kappa shape index (κ3) is 3.06. The molecule has 0 bridgehead atoms. The lowest BCUT2D eigenvalue weighted by Gasteiger charge is -2.06. The van der Waals surface area contributed by atoms with Crippen LogP contribution in [0.3, 0.4) is 0 Å². The largest absolute Gasteiger partial charge is 0.264 e. The summed E-state index contributed by atoms with van der Waals surface area (Å²) in [5, 5.41) is -0.106. The number of sulfonamides is 1. The van der Waals surface area contributed by atoms with Crippen LogP contribution in [0, 0.1) is 0 Å². The first-order chi connectivity index (χ1) is 8.47.